The Hall–Kier alpha value is -0.980. The second kappa shape index (κ2) is 7.10. The van der Waals surface area contributed by atoms with Crippen LogP contribution in [0.4, 0.5) is 5.69 Å². The van der Waals surface area contributed by atoms with E-state index in [1.54, 1.807) is 0 Å². The first kappa shape index (κ1) is 17.8. The molecular weight excluding hydrogens is 391 g/mol. The summed E-state index contributed by atoms with van der Waals surface area (Å²) in [5.74, 6) is 0. The molecular formula is C16H15Cl3N2O2S. The van der Waals surface area contributed by atoms with E-state index in [1.807, 2.05) is 24.3 Å². The van der Waals surface area contributed by atoms with Crippen LogP contribution in [0, 0.1) is 0 Å². The van der Waals surface area contributed by atoms with Gasteiger partial charge in [0.05, 0.1) is 15.6 Å². The van der Waals surface area contributed by atoms with Crippen LogP contribution in [0.1, 0.15) is 0 Å². The normalized spacial score (nSPS) is 16.4. The maximum atomic E-state index is 12.8. The summed E-state index contributed by atoms with van der Waals surface area (Å²) in [6.45, 7) is 1.88. The van der Waals surface area contributed by atoms with Gasteiger partial charge in [-0.3, -0.25) is 0 Å². The molecule has 1 fully saturated rings. The van der Waals surface area contributed by atoms with Crippen molar-refractivity contribution >= 4 is 50.5 Å². The molecule has 1 aliphatic rings. The monoisotopic (exact) mass is 404 g/mol. The molecule has 1 heterocycles. The van der Waals surface area contributed by atoms with Gasteiger partial charge in [0.2, 0.25) is 10.0 Å². The van der Waals surface area contributed by atoms with Gasteiger partial charge in [-0.15, -0.1) is 0 Å². The number of hydrogen-bond donors (Lipinski definition) is 0. The van der Waals surface area contributed by atoms with Crippen molar-refractivity contribution in [3.8, 4) is 0 Å². The standard InChI is InChI=1S/C16H15Cl3N2O2S/c17-12-9-13(18)11-14(10-12)24(22,23)21-7-5-20(6-8-21)16-4-2-1-3-15(16)19/h1-4,9-11H,5-8H2. The van der Waals surface area contributed by atoms with Gasteiger partial charge in [0.1, 0.15) is 0 Å². The third-order valence-corrected chi connectivity index (χ3v) is 6.54. The van der Waals surface area contributed by atoms with Crippen LogP contribution in [0.25, 0.3) is 0 Å². The first-order valence-corrected chi connectivity index (χ1v) is 9.91. The highest BCUT2D eigenvalue weighted by atomic mass is 35.5. The number of benzene rings is 2. The van der Waals surface area contributed by atoms with E-state index in [1.165, 1.54) is 22.5 Å². The van der Waals surface area contributed by atoms with Gasteiger partial charge in [-0.25, -0.2) is 8.42 Å². The highest BCUT2D eigenvalue weighted by molar-refractivity contribution is 7.89. The molecule has 0 bridgehead atoms. The Morgan fingerprint density at radius 1 is 0.833 bits per heavy atom. The zero-order chi connectivity index (χ0) is 17.3. The van der Waals surface area contributed by atoms with Crippen molar-refractivity contribution in [1.29, 1.82) is 0 Å². The highest BCUT2D eigenvalue weighted by Crippen LogP contribution is 2.29. The molecule has 0 amide bonds. The molecule has 0 N–H and O–H groups in total. The Labute approximate surface area is 156 Å². The van der Waals surface area contributed by atoms with Crippen molar-refractivity contribution in [3.05, 3.63) is 57.5 Å². The Balaban J connectivity index is 1.77. The lowest BCUT2D eigenvalue weighted by Gasteiger charge is -2.35. The summed E-state index contributed by atoms with van der Waals surface area (Å²) < 4.78 is 27.0. The molecule has 8 heteroatoms. The lowest BCUT2D eigenvalue weighted by Crippen LogP contribution is -2.48. The van der Waals surface area contributed by atoms with Crippen LogP contribution in [0.3, 0.4) is 0 Å². The summed E-state index contributed by atoms with van der Waals surface area (Å²) in [6, 6.07) is 11.9. The van der Waals surface area contributed by atoms with Gasteiger partial charge in [-0.05, 0) is 30.3 Å². The van der Waals surface area contributed by atoms with E-state index in [0.717, 1.165) is 5.69 Å². The molecule has 2 aromatic rings. The van der Waals surface area contributed by atoms with E-state index in [4.69, 9.17) is 34.8 Å². The Kier molecular flexibility index (Phi) is 5.27. The van der Waals surface area contributed by atoms with Crippen LogP contribution in [-0.4, -0.2) is 38.9 Å². The van der Waals surface area contributed by atoms with E-state index < -0.39 is 10.0 Å². The van der Waals surface area contributed by atoms with Crippen molar-refractivity contribution < 1.29 is 8.42 Å². The van der Waals surface area contributed by atoms with Crippen LogP contribution in [-0.2, 0) is 10.0 Å². The summed E-state index contributed by atoms with van der Waals surface area (Å²) >= 11 is 18.1. The van der Waals surface area contributed by atoms with Gasteiger partial charge in [0, 0.05) is 36.2 Å². The summed E-state index contributed by atoms with van der Waals surface area (Å²) in [7, 11) is -3.62. The van der Waals surface area contributed by atoms with E-state index in [0.29, 0.717) is 41.2 Å². The van der Waals surface area contributed by atoms with E-state index in [-0.39, 0.29) is 4.90 Å². The molecule has 0 unspecified atom stereocenters. The number of nitrogens with zero attached hydrogens (tertiary/aromatic N) is 2. The predicted molar refractivity (Wildman–Crippen MR) is 98.9 cm³/mol. The van der Waals surface area contributed by atoms with Crippen molar-refractivity contribution in [3.63, 3.8) is 0 Å². The third-order valence-electron chi connectivity index (χ3n) is 3.91. The van der Waals surface area contributed by atoms with Crippen LogP contribution in [0.5, 0.6) is 0 Å². The fourth-order valence-electron chi connectivity index (χ4n) is 2.70. The Bertz CT molecular complexity index is 830. The summed E-state index contributed by atoms with van der Waals surface area (Å²) in [6.07, 6.45) is 0. The van der Waals surface area contributed by atoms with Crippen molar-refractivity contribution in [2.75, 3.05) is 31.1 Å². The minimum absolute atomic E-state index is 0.117. The smallest absolute Gasteiger partial charge is 0.243 e. The van der Waals surface area contributed by atoms with E-state index >= 15 is 0 Å². The van der Waals surface area contributed by atoms with Gasteiger partial charge < -0.3 is 4.90 Å². The molecule has 1 aliphatic heterocycles. The minimum Gasteiger partial charge on any atom is -0.368 e. The molecule has 0 spiro atoms. The van der Waals surface area contributed by atoms with Gasteiger partial charge in [0.25, 0.3) is 0 Å². The number of sulfonamides is 1. The second-order valence-electron chi connectivity index (χ2n) is 5.45. The summed E-state index contributed by atoms with van der Waals surface area (Å²) in [5.41, 5.74) is 0.919. The van der Waals surface area contributed by atoms with E-state index in [2.05, 4.69) is 4.90 Å². The SMILES string of the molecule is O=S(=O)(c1cc(Cl)cc(Cl)c1)N1CCN(c2ccccc2Cl)CC1. The maximum Gasteiger partial charge on any atom is 0.243 e. The average molecular weight is 406 g/mol. The Morgan fingerprint density at radius 3 is 2.00 bits per heavy atom. The fraction of sp³-hybridized carbons (Fsp3) is 0.250. The molecule has 1 saturated heterocycles. The highest BCUT2D eigenvalue weighted by Gasteiger charge is 2.29. The first-order chi connectivity index (χ1) is 11.4. The van der Waals surface area contributed by atoms with Crippen molar-refractivity contribution in [1.82, 2.24) is 4.31 Å². The maximum absolute atomic E-state index is 12.8. The van der Waals surface area contributed by atoms with Crippen molar-refractivity contribution in [2.24, 2.45) is 0 Å². The lowest BCUT2D eigenvalue weighted by molar-refractivity contribution is 0.385. The van der Waals surface area contributed by atoms with Gasteiger partial charge in [-0.2, -0.15) is 4.31 Å². The molecule has 4 nitrogen and oxygen atoms in total. The minimum atomic E-state index is -3.62. The van der Waals surface area contributed by atoms with Crippen LogP contribution in [0.15, 0.2) is 47.4 Å². The molecule has 0 aliphatic carbocycles. The number of hydrogen-bond acceptors (Lipinski definition) is 3. The summed E-state index contributed by atoms with van der Waals surface area (Å²) in [4.78, 5) is 2.20. The topological polar surface area (TPSA) is 40.6 Å². The molecule has 0 atom stereocenters. The molecule has 24 heavy (non-hydrogen) atoms. The fourth-order valence-corrected chi connectivity index (χ4v) is 5.11. The molecule has 2 aromatic carbocycles. The second-order valence-corrected chi connectivity index (χ2v) is 8.67. The van der Waals surface area contributed by atoms with Gasteiger partial charge in [-0.1, -0.05) is 46.9 Å². The largest absolute Gasteiger partial charge is 0.368 e. The number of para-hydroxylation sites is 1. The predicted octanol–water partition coefficient (Wildman–Crippen LogP) is 4.16. The Morgan fingerprint density at radius 2 is 1.42 bits per heavy atom. The lowest BCUT2D eigenvalue weighted by atomic mass is 10.2. The van der Waals surface area contributed by atoms with E-state index in [9.17, 15) is 8.42 Å². The zero-order valence-electron chi connectivity index (χ0n) is 12.6. The molecule has 0 saturated carbocycles. The third kappa shape index (κ3) is 3.65. The quantitative estimate of drug-likeness (QED) is 0.770. The van der Waals surface area contributed by atoms with Crippen LogP contribution < -0.4 is 4.90 Å². The summed E-state index contributed by atoms with van der Waals surface area (Å²) in [5, 5.41) is 1.27. The zero-order valence-corrected chi connectivity index (χ0v) is 15.7. The number of anilines is 1. The molecule has 3 rings (SSSR count). The van der Waals surface area contributed by atoms with Crippen LogP contribution >= 0.6 is 34.8 Å². The number of rotatable bonds is 3. The molecule has 0 aromatic heterocycles. The van der Waals surface area contributed by atoms with Crippen molar-refractivity contribution in [2.45, 2.75) is 4.90 Å². The van der Waals surface area contributed by atoms with Gasteiger partial charge in [0.15, 0.2) is 0 Å². The van der Waals surface area contributed by atoms with Gasteiger partial charge >= 0.3 is 0 Å². The molecule has 128 valence electrons. The number of piperazine rings is 1. The number of halogens is 3. The van der Waals surface area contributed by atoms with Crippen LogP contribution in [0.2, 0.25) is 15.1 Å². The average Bonchev–Trinajstić information content (AvgIpc) is 2.54. The molecule has 0 radical (unpaired) electrons. The first-order valence-electron chi connectivity index (χ1n) is 7.33.